The van der Waals surface area contributed by atoms with E-state index < -0.39 is 6.04 Å². The molecule has 0 unspecified atom stereocenters. The summed E-state index contributed by atoms with van der Waals surface area (Å²) in [4.78, 5) is 28.4. The Morgan fingerprint density at radius 3 is 2.47 bits per heavy atom. The van der Waals surface area contributed by atoms with Gasteiger partial charge < -0.3 is 4.42 Å². The van der Waals surface area contributed by atoms with Gasteiger partial charge in [0.15, 0.2) is 5.43 Å². The van der Waals surface area contributed by atoms with Crippen LogP contribution < -0.4 is 10.3 Å². The number of rotatable bonds is 3. The molecule has 0 aliphatic carbocycles. The molecule has 1 amide bonds. The molecule has 0 N–H and O–H groups in total. The zero-order chi connectivity index (χ0) is 21.0. The van der Waals surface area contributed by atoms with Gasteiger partial charge in [-0.05, 0) is 24.6 Å². The lowest BCUT2D eigenvalue weighted by Gasteiger charge is -2.22. The number of carbonyl (C=O) groups is 1. The minimum Gasteiger partial charge on any atom is -0.450 e. The maximum absolute atomic E-state index is 13.5. The van der Waals surface area contributed by atoms with Gasteiger partial charge in [0.05, 0.1) is 17.0 Å². The van der Waals surface area contributed by atoms with Crippen LogP contribution in [-0.2, 0) is 0 Å². The second kappa shape index (κ2) is 6.88. The molecular formula is C23H19N3O3S. The van der Waals surface area contributed by atoms with Crippen molar-refractivity contribution in [3.8, 4) is 0 Å². The number of carbonyl (C=O) groups excluding carboxylic acids is 1. The number of nitrogens with zero attached hydrogens (tertiary/aromatic N) is 3. The number of para-hydroxylation sites is 1. The van der Waals surface area contributed by atoms with Gasteiger partial charge in [0.2, 0.25) is 10.9 Å². The van der Waals surface area contributed by atoms with Crippen molar-refractivity contribution in [2.24, 2.45) is 0 Å². The second-order valence-electron chi connectivity index (χ2n) is 7.74. The molecule has 6 nitrogen and oxygen atoms in total. The molecule has 0 saturated carbocycles. The van der Waals surface area contributed by atoms with Gasteiger partial charge >= 0.3 is 0 Å². The minimum atomic E-state index is -0.609. The summed E-state index contributed by atoms with van der Waals surface area (Å²) < 4.78 is 5.94. The number of aromatic nitrogens is 2. The van der Waals surface area contributed by atoms with Gasteiger partial charge in [-0.3, -0.25) is 14.5 Å². The third kappa shape index (κ3) is 2.77. The predicted molar refractivity (Wildman–Crippen MR) is 116 cm³/mol. The van der Waals surface area contributed by atoms with Crippen molar-refractivity contribution in [3.63, 3.8) is 0 Å². The number of benzene rings is 2. The first-order valence-corrected chi connectivity index (χ1v) is 10.6. The fourth-order valence-electron chi connectivity index (χ4n) is 3.74. The van der Waals surface area contributed by atoms with Gasteiger partial charge in [-0.1, -0.05) is 67.1 Å². The Morgan fingerprint density at radius 1 is 1.03 bits per heavy atom. The number of fused-ring (bicyclic) bond motifs is 2. The number of hydrogen-bond donors (Lipinski definition) is 0. The van der Waals surface area contributed by atoms with Gasteiger partial charge in [0.1, 0.15) is 10.6 Å². The van der Waals surface area contributed by atoms with Gasteiger partial charge in [-0.2, -0.15) is 0 Å². The van der Waals surface area contributed by atoms with Crippen LogP contribution in [0.1, 0.15) is 58.1 Å². The van der Waals surface area contributed by atoms with E-state index in [0.717, 1.165) is 16.1 Å². The van der Waals surface area contributed by atoms with Crippen molar-refractivity contribution in [1.82, 2.24) is 10.2 Å². The lowest BCUT2D eigenvalue weighted by atomic mass is 9.98. The Bertz CT molecular complexity index is 1340. The van der Waals surface area contributed by atoms with E-state index in [1.54, 1.807) is 29.2 Å². The highest BCUT2D eigenvalue weighted by Gasteiger charge is 2.45. The first-order valence-electron chi connectivity index (χ1n) is 9.75. The molecular weight excluding hydrogens is 398 g/mol. The Labute approximate surface area is 176 Å². The van der Waals surface area contributed by atoms with Crippen LogP contribution in [0, 0.1) is 6.92 Å². The molecule has 2 aromatic carbocycles. The van der Waals surface area contributed by atoms with E-state index in [4.69, 9.17) is 4.42 Å². The number of hydrogen-bond acceptors (Lipinski definition) is 6. The largest absolute Gasteiger partial charge is 0.450 e. The van der Waals surface area contributed by atoms with Crippen LogP contribution >= 0.6 is 11.3 Å². The molecule has 5 rings (SSSR count). The SMILES string of the molecule is Cc1ccc([C@@H]2c3c(oc4ccccc4c3=O)C(=O)N2c2nnc(C(C)C)s2)cc1. The normalized spacial score (nSPS) is 15.9. The fourth-order valence-corrected chi connectivity index (χ4v) is 4.61. The summed E-state index contributed by atoms with van der Waals surface area (Å²) >= 11 is 1.36. The lowest BCUT2D eigenvalue weighted by Crippen LogP contribution is -2.29. The molecule has 3 heterocycles. The van der Waals surface area contributed by atoms with Gasteiger partial charge in [0.25, 0.3) is 5.91 Å². The summed E-state index contributed by atoms with van der Waals surface area (Å²) in [5.41, 5.74) is 2.49. The van der Waals surface area contributed by atoms with Crippen LogP contribution in [0.5, 0.6) is 0 Å². The Kier molecular flexibility index (Phi) is 4.29. The predicted octanol–water partition coefficient (Wildman–Crippen LogP) is 4.83. The smallest absolute Gasteiger partial charge is 0.297 e. The monoisotopic (exact) mass is 417 g/mol. The molecule has 2 aromatic heterocycles. The maximum Gasteiger partial charge on any atom is 0.297 e. The standard InChI is InChI=1S/C23H19N3O3S/c1-12(2)21-24-25-23(30-21)26-18(14-10-8-13(3)9-11-14)17-19(27)15-6-4-5-7-16(15)29-20(17)22(26)28/h4-12,18H,1-3H3/t18-/m1/s1. The number of anilines is 1. The van der Waals surface area contributed by atoms with Crippen LogP contribution in [0.4, 0.5) is 5.13 Å². The molecule has 1 aliphatic heterocycles. The molecule has 0 spiro atoms. The molecule has 0 radical (unpaired) electrons. The van der Waals surface area contributed by atoms with Crippen molar-refractivity contribution in [3.05, 3.63) is 86.2 Å². The first kappa shape index (κ1) is 18.7. The van der Waals surface area contributed by atoms with Crippen LogP contribution in [0.25, 0.3) is 11.0 Å². The van der Waals surface area contributed by atoms with E-state index >= 15 is 0 Å². The molecule has 150 valence electrons. The molecule has 1 aliphatic rings. The molecule has 0 saturated heterocycles. The van der Waals surface area contributed by atoms with Gasteiger partial charge in [-0.25, -0.2) is 0 Å². The van der Waals surface area contributed by atoms with Gasteiger partial charge in [0, 0.05) is 5.92 Å². The van der Waals surface area contributed by atoms with E-state index in [9.17, 15) is 9.59 Å². The number of aryl methyl sites for hydroxylation is 1. The minimum absolute atomic E-state index is 0.0746. The Morgan fingerprint density at radius 2 is 1.77 bits per heavy atom. The molecule has 0 fully saturated rings. The first-order chi connectivity index (χ1) is 14.5. The zero-order valence-electron chi connectivity index (χ0n) is 16.7. The summed E-state index contributed by atoms with van der Waals surface area (Å²) in [5.74, 6) is -0.105. The molecule has 4 aromatic rings. The van der Waals surface area contributed by atoms with E-state index in [-0.39, 0.29) is 23.0 Å². The average Bonchev–Trinajstić information content (AvgIpc) is 3.33. The third-order valence-corrected chi connectivity index (χ3v) is 6.52. The molecule has 30 heavy (non-hydrogen) atoms. The maximum atomic E-state index is 13.5. The van der Waals surface area contributed by atoms with Gasteiger partial charge in [-0.15, -0.1) is 10.2 Å². The Hall–Kier alpha value is -3.32. The number of amides is 1. The zero-order valence-corrected chi connectivity index (χ0v) is 17.6. The van der Waals surface area contributed by atoms with E-state index in [1.165, 1.54) is 11.3 Å². The Balaban J connectivity index is 1.78. The summed E-state index contributed by atoms with van der Waals surface area (Å²) in [6.45, 7) is 6.05. The summed E-state index contributed by atoms with van der Waals surface area (Å²) in [6.07, 6.45) is 0. The summed E-state index contributed by atoms with van der Waals surface area (Å²) in [7, 11) is 0. The fraction of sp³-hybridized carbons (Fsp3) is 0.217. The van der Waals surface area contributed by atoms with Crippen molar-refractivity contribution < 1.29 is 9.21 Å². The molecule has 0 bridgehead atoms. The highest BCUT2D eigenvalue weighted by molar-refractivity contribution is 7.15. The van der Waals surface area contributed by atoms with Crippen molar-refractivity contribution in [1.29, 1.82) is 0 Å². The molecule has 7 heteroatoms. The van der Waals surface area contributed by atoms with Crippen molar-refractivity contribution in [2.45, 2.75) is 32.7 Å². The van der Waals surface area contributed by atoms with E-state index in [0.29, 0.717) is 21.7 Å². The van der Waals surface area contributed by atoms with Crippen LogP contribution in [0.2, 0.25) is 0 Å². The average molecular weight is 417 g/mol. The molecule has 1 atom stereocenters. The summed E-state index contributed by atoms with van der Waals surface area (Å²) in [6, 6.07) is 14.2. The van der Waals surface area contributed by atoms with Crippen molar-refractivity contribution in [2.75, 3.05) is 4.90 Å². The summed E-state index contributed by atoms with van der Waals surface area (Å²) in [5, 5.41) is 10.3. The van der Waals surface area contributed by atoms with E-state index in [1.807, 2.05) is 45.0 Å². The van der Waals surface area contributed by atoms with Crippen LogP contribution in [0.15, 0.2) is 57.7 Å². The quantitative estimate of drug-likeness (QED) is 0.477. The van der Waals surface area contributed by atoms with Crippen LogP contribution in [-0.4, -0.2) is 16.1 Å². The van der Waals surface area contributed by atoms with Crippen LogP contribution in [0.3, 0.4) is 0 Å². The van der Waals surface area contributed by atoms with E-state index in [2.05, 4.69) is 10.2 Å². The topological polar surface area (TPSA) is 76.3 Å². The highest BCUT2D eigenvalue weighted by Crippen LogP contribution is 2.42. The lowest BCUT2D eigenvalue weighted by molar-refractivity contribution is 0.0970. The third-order valence-electron chi connectivity index (χ3n) is 5.30. The highest BCUT2D eigenvalue weighted by atomic mass is 32.1. The second-order valence-corrected chi connectivity index (χ2v) is 8.72. The van der Waals surface area contributed by atoms with Crippen molar-refractivity contribution >= 4 is 33.3 Å².